The molecule has 0 spiro atoms. The lowest BCUT2D eigenvalue weighted by Crippen LogP contribution is -2.26. The third-order valence-corrected chi connectivity index (χ3v) is 3.60. The number of furan rings is 1. The van der Waals surface area contributed by atoms with E-state index in [4.69, 9.17) is 9.52 Å². The molecule has 0 saturated heterocycles. The molecule has 1 aromatic carbocycles. The summed E-state index contributed by atoms with van der Waals surface area (Å²) in [4.78, 5) is 35.1. The van der Waals surface area contributed by atoms with Crippen LogP contribution in [0.2, 0.25) is 0 Å². The number of carboxylic acid groups (broad SMARTS) is 1. The quantitative estimate of drug-likeness (QED) is 0.665. The molecule has 2 rings (SSSR count). The van der Waals surface area contributed by atoms with Crippen LogP contribution in [0.15, 0.2) is 28.7 Å². The van der Waals surface area contributed by atoms with Crippen molar-refractivity contribution in [2.24, 2.45) is 0 Å². The minimum atomic E-state index is -1.11. The van der Waals surface area contributed by atoms with E-state index < -0.39 is 16.8 Å². The van der Waals surface area contributed by atoms with Gasteiger partial charge in [0.1, 0.15) is 17.1 Å². The van der Waals surface area contributed by atoms with Gasteiger partial charge in [0.25, 0.3) is 11.6 Å². The van der Waals surface area contributed by atoms with Gasteiger partial charge in [-0.05, 0) is 25.5 Å². The van der Waals surface area contributed by atoms with E-state index in [1.54, 1.807) is 6.92 Å². The first-order chi connectivity index (χ1) is 11.2. The number of hydrogen-bond acceptors (Lipinski definition) is 5. The van der Waals surface area contributed by atoms with Gasteiger partial charge in [0.2, 0.25) is 0 Å². The van der Waals surface area contributed by atoms with Gasteiger partial charge in [0.15, 0.2) is 0 Å². The Bertz CT molecular complexity index is 824. The molecule has 0 aliphatic carbocycles. The second-order valence-corrected chi connectivity index (χ2v) is 5.41. The summed E-state index contributed by atoms with van der Waals surface area (Å²) in [6.45, 7) is 3.26. The Morgan fingerprint density at radius 2 is 1.92 bits per heavy atom. The highest BCUT2D eigenvalue weighted by molar-refractivity contribution is 5.96. The molecule has 0 fully saturated rings. The third kappa shape index (κ3) is 3.43. The van der Waals surface area contributed by atoms with Crippen LogP contribution in [0.25, 0.3) is 0 Å². The molecular weight excluding hydrogens is 316 g/mol. The number of carbonyl (C=O) groups excluding carboxylic acids is 1. The largest absolute Gasteiger partial charge is 0.478 e. The molecule has 0 radical (unpaired) electrons. The molecule has 24 heavy (non-hydrogen) atoms. The monoisotopic (exact) mass is 332 g/mol. The molecule has 1 amide bonds. The predicted octanol–water partition coefficient (Wildman–Crippen LogP) is 2.78. The zero-order valence-corrected chi connectivity index (χ0v) is 13.4. The molecule has 8 nitrogen and oxygen atoms in total. The summed E-state index contributed by atoms with van der Waals surface area (Å²) in [6.07, 6.45) is 0. The van der Waals surface area contributed by atoms with Crippen LogP contribution < -0.4 is 0 Å². The molecule has 1 heterocycles. The smallest absolute Gasteiger partial charge is 0.339 e. The number of benzene rings is 1. The minimum absolute atomic E-state index is 0.0392. The van der Waals surface area contributed by atoms with Crippen LogP contribution in [-0.2, 0) is 6.54 Å². The Morgan fingerprint density at radius 3 is 2.46 bits per heavy atom. The van der Waals surface area contributed by atoms with Crippen molar-refractivity contribution in [2.45, 2.75) is 20.4 Å². The molecule has 0 bridgehead atoms. The molecular formula is C16H16N2O6. The zero-order chi connectivity index (χ0) is 18.0. The normalized spacial score (nSPS) is 10.5. The first kappa shape index (κ1) is 17.2. The highest BCUT2D eigenvalue weighted by Crippen LogP contribution is 2.21. The van der Waals surface area contributed by atoms with E-state index in [2.05, 4.69) is 0 Å². The fraction of sp³-hybridized carbons (Fsp3) is 0.250. The van der Waals surface area contributed by atoms with E-state index in [-0.39, 0.29) is 29.1 Å². The van der Waals surface area contributed by atoms with Gasteiger partial charge in [0.05, 0.1) is 11.5 Å². The van der Waals surface area contributed by atoms with Crippen LogP contribution in [0.4, 0.5) is 5.69 Å². The lowest BCUT2D eigenvalue weighted by Gasteiger charge is -2.17. The molecule has 126 valence electrons. The Morgan fingerprint density at radius 1 is 1.25 bits per heavy atom. The number of aryl methyl sites for hydroxylation is 2. The topological polar surface area (TPSA) is 114 Å². The van der Waals surface area contributed by atoms with Crippen LogP contribution in [0, 0.1) is 24.0 Å². The maximum atomic E-state index is 12.5. The van der Waals surface area contributed by atoms with Crippen LogP contribution in [-0.4, -0.2) is 33.9 Å². The highest BCUT2D eigenvalue weighted by atomic mass is 16.6. The van der Waals surface area contributed by atoms with Gasteiger partial charge in [0, 0.05) is 24.7 Å². The van der Waals surface area contributed by atoms with Gasteiger partial charge in [-0.1, -0.05) is 6.07 Å². The van der Waals surface area contributed by atoms with Gasteiger partial charge in [-0.2, -0.15) is 0 Å². The van der Waals surface area contributed by atoms with Crippen LogP contribution in [0.1, 0.15) is 37.8 Å². The highest BCUT2D eigenvalue weighted by Gasteiger charge is 2.20. The van der Waals surface area contributed by atoms with Crippen molar-refractivity contribution in [1.82, 2.24) is 4.90 Å². The van der Waals surface area contributed by atoms with Gasteiger partial charge < -0.3 is 14.4 Å². The number of non-ortho nitro benzene ring substituents is 1. The lowest BCUT2D eigenvalue weighted by atomic mass is 10.1. The number of hydrogen-bond donors (Lipinski definition) is 1. The number of amides is 1. The van der Waals surface area contributed by atoms with Crippen molar-refractivity contribution >= 4 is 17.6 Å². The summed E-state index contributed by atoms with van der Waals surface area (Å²) < 4.78 is 5.34. The van der Waals surface area contributed by atoms with E-state index in [1.165, 1.54) is 43.1 Å². The molecule has 1 N–H and O–H groups in total. The van der Waals surface area contributed by atoms with E-state index in [9.17, 15) is 19.7 Å². The molecule has 2 aromatic rings. The second kappa shape index (κ2) is 6.53. The van der Waals surface area contributed by atoms with Crippen molar-refractivity contribution in [2.75, 3.05) is 7.05 Å². The summed E-state index contributed by atoms with van der Waals surface area (Å²) in [5.41, 5.74) is 0.699. The van der Waals surface area contributed by atoms with Gasteiger partial charge in [-0.3, -0.25) is 14.9 Å². The number of rotatable bonds is 5. The maximum Gasteiger partial charge on any atom is 0.339 e. The number of aromatic carboxylic acids is 1. The van der Waals surface area contributed by atoms with Gasteiger partial charge in [-0.25, -0.2) is 4.79 Å². The zero-order valence-electron chi connectivity index (χ0n) is 13.4. The number of nitrogens with zero attached hydrogens (tertiary/aromatic N) is 2. The Labute approximate surface area is 137 Å². The average molecular weight is 332 g/mol. The van der Waals surface area contributed by atoms with Gasteiger partial charge >= 0.3 is 5.97 Å². The first-order valence-electron chi connectivity index (χ1n) is 7.03. The van der Waals surface area contributed by atoms with Crippen molar-refractivity contribution in [3.63, 3.8) is 0 Å². The van der Waals surface area contributed by atoms with Crippen molar-refractivity contribution in [3.05, 3.63) is 62.6 Å². The van der Waals surface area contributed by atoms with E-state index >= 15 is 0 Å². The number of nitro groups is 1. The first-order valence-corrected chi connectivity index (χ1v) is 7.03. The Hall–Kier alpha value is -3.16. The standard InChI is InChI=1S/C16H16N2O6/c1-9-4-5-11(18(22)23)6-13(9)15(19)17(3)8-12-7-14(16(20)21)10(2)24-12/h4-7H,8H2,1-3H3,(H,20,21). The fourth-order valence-corrected chi connectivity index (χ4v) is 2.30. The molecule has 0 saturated carbocycles. The Balaban J connectivity index is 2.24. The fourth-order valence-electron chi connectivity index (χ4n) is 2.30. The van der Waals surface area contributed by atoms with Crippen molar-refractivity contribution in [3.8, 4) is 0 Å². The van der Waals surface area contributed by atoms with Crippen LogP contribution >= 0.6 is 0 Å². The predicted molar refractivity (Wildman–Crippen MR) is 84.0 cm³/mol. The molecule has 0 atom stereocenters. The summed E-state index contributed by atoms with van der Waals surface area (Å²) in [7, 11) is 1.51. The SMILES string of the molecule is Cc1ccc([N+](=O)[O-])cc1C(=O)N(C)Cc1cc(C(=O)O)c(C)o1. The van der Waals surface area contributed by atoms with E-state index in [0.29, 0.717) is 11.3 Å². The van der Waals surface area contributed by atoms with E-state index in [1.807, 2.05) is 0 Å². The third-order valence-electron chi connectivity index (χ3n) is 3.60. The molecule has 0 aliphatic rings. The van der Waals surface area contributed by atoms with Crippen LogP contribution in [0.5, 0.6) is 0 Å². The van der Waals surface area contributed by atoms with Crippen molar-refractivity contribution < 1.29 is 24.0 Å². The lowest BCUT2D eigenvalue weighted by molar-refractivity contribution is -0.384. The van der Waals surface area contributed by atoms with E-state index in [0.717, 1.165) is 0 Å². The maximum absolute atomic E-state index is 12.5. The molecule has 0 aliphatic heterocycles. The number of carbonyl (C=O) groups is 2. The molecule has 8 heteroatoms. The number of nitro benzene ring substituents is 1. The summed E-state index contributed by atoms with van der Waals surface area (Å²) >= 11 is 0. The summed E-state index contributed by atoms with van der Waals surface area (Å²) in [5.74, 6) is -0.943. The molecule has 1 aromatic heterocycles. The van der Waals surface area contributed by atoms with Gasteiger partial charge in [-0.15, -0.1) is 0 Å². The summed E-state index contributed by atoms with van der Waals surface area (Å²) in [5, 5.41) is 19.9. The van der Waals surface area contributed by atoms with Crippen LogP contribution in [0.3, 0.4) is 0 Å². The summed E-state index contributed by atoms with van der Waals surface area (Å²) in [6, 6.07) is 5.44. The minimum Gasteiger partial charge on any atom is -0.478 e. The second-order valence-electron chi connectivity index (χ2n) is 5.41. The van der Waals surface area contributed by atoms with Crippen molar-refractivity contribution in [1.29, 1.82) is 0 Å². The average Bonchev–Trinajstić information content (AvgIpc) is 2.87. The number of carboxylic acids is 1. The molecule has 0 unspecified atom stereocenters. The Kier molecular flexibility index (Phi) is 4.68.